The van der Waals surface area contributed by atoms with Gasteiger partial charge < -0.3 is 10.6 Å². The number of hydrogen-bond donors (Lipinski definition) is 1. The molecule has 0 bridgehead atoms. The normalized spacial score (nSPS) is 22.6. The Balaban J connectivity index is 2.39. The third-order valence-corrected chi connectivity index (χ3v) is 4.49. The van der Waals surface area contributed by atoms with Gasteiger partial charge in [-0.3, -0.25) is 4.68 Å². The maximum Gasteiger partial charge on any atom is 0.145 e. The first-order chi connectivity index (χ1) is 9.63. The van der Waals surface area contributed by atoms with Crippen LogP contribution in [0.2, 0.25) is 0 Å². The van der Waals surface area contributed by atoms with Crippen molar-refractivity contribution in [3.63, 3.8) is 0 Å². The summed E-state index contributed by atoms with van der Waals surface area (Å²) in [6, 6.07) is 2.75. The van der Waals surface area contributed by atoms with Crippen molar-refractivity contribution >= 4 is 5.82 Å². The number of nitrogens with two attached hydrogens (primary N) is 1. The van der Waals surface area contributed by atoms with Crippen molar-refractivity contribution in [1.82, 2.24) is 9.78 Å². The molecule has 1 fully saturated rings. The van der Waals surface area contributed by atoms with E-state index in [9.17, 15) is 5.26 Å². The van der Waals surface area contributed by atoms with Crippen LogP contribution in [0.4, 0.5) is 5.82 Å². The lowest BCUT2D eigenvalue weighted by molar-refractivity contribution is 0.298. The Bertz CT molecular complexity index is 499. The summed E-state index contributed by atoms with van der Waals surface area (Å²) in [4.78, 5) is 2.34. The Morgan fingerprint density at radius 2 is 2.15 bits per heavy atom. The van der Waals surface area contributed by atoms with Gasteiger partial charge in [0.15, 0.2) is 0 Å². The van der Waals surface area contributed by atoms with E-state index in [1.165, 1.54) is 19.3 Å². The molecule has 1 aromatic rings. The Kier molecular flexibility index (Phi) is 4.66. The van der Waals surface area contributed by atoms with Crippen LogP contribution < -0.4 is 10.6 Å². The molecule has 0 aromatic carbocycles. The molecule has 110 valence electrons. The standard InChI is InChI=1S/C15H25N5/c1-4-20(14-8-6-5-7-12(14)9-16)15-13(10-17)11(2)18-19(15)3/h12,14H,4-9,16H2,1-3H3. The van der Waals surface area contributed by atoms with E-state index in [1.54, 1.807) is 0 Å². The van der Waals surface area contributed by atoms with Gasteiger partial charge in [-0.2, -0.15) is 10.4 Å². The van der Waals surface area contributed by atoms with Gasteiger partial charge in [0.25, 0.3) is 0 Å². The summed E-state index contributed by atoms with van der Waals surface area (Å²) in [6.45, 7) is 5.65. The summed E-state index contributed by atoms with van der Waals surface area (Å²) < 4.78 is 1.85. The maximum atomic E-state index is 9.42. The molecule has 0 amide bonds. The Labute approximate surface area is 121 Å². The predicted octanol–water partition coefficient (Wildman–Crippen LogP) is 1.94. The van der Waals surface area contributed by atoms with E-state index >= 15 is 0 Å². The largest absolute Gasteiger partial charge is 0.353 e. The number of aryl methyl sites for hydroxylation is 2. The fourth-order valence-corrected chi connectivity index (χ4v) is 3.52. The van der Waals surface area contributed by atoms with Crippen molar-refractivity contribution in [2.75, 3.05) is 18.0 Å². The monoisotopic (exact) mass is 275 g/mol. The van der Waals surface area contributed by atoms with E-state index in [4.69, 9.17) is 5.73 Å². The number of rotatable bonds is 4. The van der Waals surface area contributed by atoms with Gasteiger partial charge in [-0.1, -0.05) is 12.8 Å². The highest BCUT2D eigenvalue weighted by Crippen LogP contribution is 2.33. The van der Waals surface area contributed by atoms with Gasteiger partial charge in [0.2, 0.25) is 0 Å². The number of aromatic nitrogens is 2. The molecule has 2 atom stereocenters. The van der Waals surface area contributed by atoms with Crippen LogP contribution in [0.5, 0.6) is 0 Å². The van der Waals surface area contributed by atoms with Crippen molar-refractivity contribution in [3.05, 3.63) is 11.3 Å². The lowest BCUT2D eigenvalue weighted by atomic mass is 9.83. The minimum Gasteiger partial charge on any atom is -0.353 e. The highest BCUT2D eigenvalue weighted by Gasteiger charge is 2.31. The Morgan fingerprint density at radius 1 is 1.45 bits per heavy atom. The molecular formula is C15H25N5. The highest BCUT2D eigenvalue weighted by atomic mass is 15.4. The van der Waals surface area contributed by atoms with Crippen LogP contribution in [0.15, 0.2) is 0 Å². The van der Waals surface area contributed by atoms with Gasteiger partial charge in [0.1, 0.15) is 17.5 Å². The number of nitrogens with zero attached hydrogens (tertiary/aromatic N) is 4. The van der Waals surface area contributed by atoms with Crippen LogP contribution in [0, 0.1) is 24.2 Å². The van der Waals surface area contributed by atoms with Crippen molar-refractivity contribution in [3.8, 4) is 6.07 Å². The predicted molar refractivity (Wildman–Crippen MR) is 80.5 cm³/mol. The lowest BCUT2D eigenvalue weighted by Gasteiger charge is -2.40. The van der Waals surface area contributed by atoms with Gasteiger partial charge in [-0.25, -0.2) is 0 Å². The molecule has 5 heteroatoms. The lowest BCUT2D eigenvalue weighted by Crippen LogP contribution is -2.46. The van der Waals surface area contributed by atoms with Gasteiger partial charge in [-0.15, -0.1) is 0 Å². The minimum absolute atomic E-state index is 0.431. The molecule has 20 heavy (non-hydrogen) atoms. The Hall–Kier alpha value is -1.54. The third-order valence-electron chi connectivity index (χ3n) is 4.49. The third kappa shape index (κ3) is 2.53. The van der Waals surface area contributed by atoms with Crippen LogP contribution in [-0.2, 0) is 7.05 Å². The molecule has 2 rings (SSSR count). The first kappa shape index (κ1) is 14.9. The SMILES string of the molecule is CCN(c1c(C#N)c(C)nn1C)C1CCCCC1CN. The zero-order valence-corrected chi connectivity index (χ0v) is 12.8. The van der Waals surface area contributed by atoms with Crippen molar-refractivity contribution in [2.24, 2.45) is 18.7 Å². The molecule has 0 aliphatic heterocycles. The molecule has 1 saturated carbocycles. The van der Waals surface area contributed by atoms with E-state index in [0.717, 1.165) is 31.0 Å². The van der Waals surface area contributed by atoms with Gasteiger partial charge in [0, 0.05) is 19.6 Å². The van der Waals surface area contributed by atoms with Crippen LogP contribution >= 0.6 is 0 Å². The first-order valence-corrected chi connectivity index (χ1v) is 7.54. The van der Waals surface area contributed by atoms with E-state index in [-0.39, 0.29) is 0 Å². The van der Waals surface area contributed by atoms with Gasteiger partial charge in [0.05, 0.1) is 5.69 Å². The summed E-state index contributed by atoms with van der Waals surface area (Å²) in [5.74, 6) is 1.48. The van der Waals surface area contributed by atoms with Gasteiger partial charge in [-0.05, 0) is 39.2 Å². The topological polar surface area (TPSA) is 70.9 Å². The molecule has 5 nitrogen and oxygen atoms in total. The van der Waals surface area contributed by atoms with E-state index < -0.39 is 0 Å². The van der Waals surface area contributed by atoms with Crippen LogP contribution in [0.1, 0.15) is 43.9 Å². The number of anilines is 1. The average molecular weight is 275 g/mol. The molecule has 1 aliphatic rings. The second-order valence-electron chi connectivity index (χ2n) is 5.65. The molecule has 0 spiro atoms. The molecule has 2 unspecified atom stereocenters. The quantitative estimate of drug-likeness (QED) is 0.911. The number of hydrogen-bond acceptors (Lipinski definition) is 4. The molecular weight excluding hydrogens is 250 g/mol. The highest BCUT2D eigenvalue weighted by molar-refractivity contribution is 5.57. The van der Waals surface area contributed by atoms with E-state index in [2.05, 4.69) is 23.0 Å². The van der Waals surface area contributed by atoms with Crippen molar-refractivity contribution in [2.45, 2.75) is 45.6 Å². The summed E-state index contributed by atoms with van der Waals surface area (Å²) in [7, 11) is 1.92. The first-order valence-electron chi connectivity index (χ1n) is 7.54. The van der Waals surface area contributed by atoms with Crippen LogP contribution in [0.25, 0.3) is 0 Å². The molecule has 1 aliphatic carbocycles. The molecule has 0 radical (unpaired) electrons. The summed E-state index contributed by atoms with van der Waals surface area (Å²) >= 11 is 0. The zero-order valence-electron chi connectivity index (χ0n) is 12.8. The molecule has 0 saturated heterocycles. The molecule has 1 heterocycles. The summed E-state index contributed by atoms with van der Waals surface area (Å²) in [5, 5.41) is 13.8. The van der Waals surface area contributed by atoms with Gasteiger partial charge >= 0.3 is 0 Å². The smallest absolute Gasteiger partial charge is 0.145 e. The molecule has 2 N–H and O–H groups in total. The number of nitriles is 1. The average Bonchev–Trinajstić information content (AvgIpc) is 2.74. The van der Waals surface area contributed by atoms with Crippen molar-refractivity contribution in [1.29, 1.82) is 5.26 Å². The minimum atomic E-state index is 0.431. The maximum absolute atomic E-state index is 9.42. The van der Waals surface area contributed by atoms with Crippen LogP contribution in [0.3, 0.4) is 0 Å². The fraction of sp³-hybridized carbons (Fsp3) is 0.733. The summed E-state index contributed by atoms with van der Waals surface area (Å²) in [6.07, 6.45) is 4.86. The van der Waals surface area contributed by atoms with E-state index in [1.807, 2.05) is 18.7 Å². The Morgan fingerprint density at radius 3 is 2.75 bits per heavy atom. The van der Waals surface area contributed by atoms with Crippen LogP contribution in [-0.4, -0.2) is 28.9 Å². The second-order valence-corrected chi connectivity index (χ2v) is 5.65. The summed E-state index contributed by atoms with van der Waals surface area (Å²) in [5.41, 5.74) is 7.48. The molecule has 1 aromatic heterocycles. The van der Waals surface area contributed by atoms with E-state index in [0.29, 0.717) is 17.5 Å². The zero-order chi connectivity index (χ0) is 14.7. The van der Waals surface area contributed by atoms with Crippen molar-refractivity contribution < 1.29 is 0 Å². The second kappa shape index (κ2) is 6.27. The fourth-order valence-electron chi connectivity index (χ4n) is 3.52.